The molecule has 0 spiro atoms. The fraction of sp³-hybridized carbons (Fsp3) is 0.385. The van der Waals surface area contributed by atoms with E-state index in [-0.39, 0.29) is 18.7 Å². The third-order valence-electron chi connectivity index (χ3n) is 3.13. The molecule has 0 saturated heterocycles. The van der Waals surface area contributed by atoms with Crippen LogP contribution in [0.3, 0.4) is 0 Å². The van der Waals surface area contributed by atoms with Gasteiger partial charge in [-0.1, -0.05) is 6.07 Å². The third-order valence-corrected chi connectivity index (χ3v) is 3.13. The van der Waals surface area contributed by atoms with E-state index in [4.69, 9.17) is 5.11 Å². The Morgan fingerprint density at radius 3 is 2.52 bits per heavy atom. The molecule has 2 rings (SSSR count). The Kier molecular flexibility index (Phi) is 4.17. The van der Waals surface area contributed by atoms with Crippen molar-refractivity contribution < 1.29 is 27.9 Å². The van der Waals surface area contributed by atoms with Gasteiger partial charge in [-0.25, -0.2) is 4.79 Å². The van der Waals surface area contributed by atoms with Crippen molar-refractivity contribution in [2.45, 2.75) is 19.3 Å². The third kappa shape index (κ3) is 3.94. The number of aromatic carboxylic acids is 1. The monoisotopic (exact) mass is 302 g/mol. The Labute approximate surface area is 118 Å². The van der Waals surface area contributed by atoms with Gasteiger partial charge in [0, 0.05) is 13.1 Å². The molecule has 1 heterocycles. The molecule has 0 saturated carbocycles. The molecule has 1 amide bonds. The lowest BCUT2D eigenvalue weighted by Crippen LogP contribution is -2.38. The summed E-state index contributed by atoms with van der Waals surface area (Å²) in [7, 11) is 0. The molecule has 2 N–H and O–H groups in total. The number of rotatable bonds is 4. The molecular weight excluding hydrogens is 289 g/mol. The first kappa shape index (κ1) is 15.3. The number of amides is 1. The molecule has 0 fully saturated rings. The largest absolute Gasteiger partial charge is 0.478 e. The maximum atomic E-state index is 12.0. The first-order chi connectivity index (χ1) is 9.76. The van der Waals surface area contributed by atoms with Crippen molar-refractivity contribution in [2.75, 3.05) is 13.1 Å². The van der Waals surface area contributed by atoms with E-state index >= 15 is 0 Å². The van der Waals surface area contributed by atoms with Crippen LogP contribution in [-0.4, -0.2) is 41.1 Å². The summed E-state index contributed by atoms with van der Waals surface area (Å²) in [5.41, 5.74) is 1.64. The number of hydrogen-bond donors (Lipinski definition) is 2. The normalized spacial score (nSPS) is 14.1. The second kappa shape index (κ2) is 5.72. The molecule has 0 unspecified atom stereocenters. The minimum atomic E-state index is -4.36. The van der Waals surface area contributed by atoms with Crippen LogP contribution in [0.5, 0.6) is 0 Å². The second-order valence-corrected chi connectivity index (χ2v) is 4.76. The molecule has 0 atom stereocenters. The summed E-state index contributed by atoms with van der Waals surface area (Å²) >= 11 is 0. The maximum Gasteiger partial charge on any atom is 0.401 e. The fourth-order valence-corrected chi connectivity index (χ4v) is 2.13. The number of nitrogens with one attached hydrogen (secondary N) is 1. The number of alkyl halides is 3. The molecule has 1 aromatic carbocycles. The molecule has 0 aromatic heterocycles. The summed E-state index contributed by atoms with van der Waals surface area (Å²) in [6.07, 6.45) is -4.36. The van der Waals surface area contributed by atoms with Crippen LogP contribution in [0.4, 0.5) is 13.2 Å². The summed E-state index contributed by atoms with van der Waals surface area (Å²) in [4.78, 5) is 24.0. The van der Waals surface area contributed by atoms with Crippen molar-refractivity contribution in [3.63, 3.8) is 0 Å². The smallest absolute Gasteiger partial charge is 0.401 e. The van der Waals surface area contributed by atoms with Crippen LogP contribution in [0, 0.1) is 0 Å². The van der Waals surface area contributed by atoms with E-state index in [0.717, 1.165) is 5.56 Å². The van der Waals surface area contributed by atoms with Gasteiger partial charge in [0.15, 0.2) is 0 Å². The van der Waals surface area contributed by atoms with Gasteiger partial charge in [-0.3, -0.25) is 4.79 Å². The highest BCUT2D eigenvalue weighted by Crippen LogP contribution is 2.24. The van der Waals surface area contributed by atoms with Crippen LogP contribution < -0.4 is 5.32 Å². The van der Waals surface area contributed by atoms with Gasteiger partial charge in [-0.2, -0.15) is 13.2 Å². The molecule has 8 heteroatoms. The van der Waals surface area contributed by atoms with Gasteiger partial charge < -0.3 is 15.3 Å². The Bertz CT molecular complexity index is 572. The number of benzene rings is 1. The van der Waals surface area contributed by atoms with Gasteiger partial charge in [0.2, 0.25) is 5.91 Å². The number of fused-ring (bicyclic) bond motifs is 1. The van der Waals surface area contributed by atoms with E-state index in [0.29, 0.717) is 5.56 Å². The Balaban J connectivity index is 1.93. The highest BCUT2D eigenvalue weighted by molar-refractivity contribution is 5.88. The lowest BCUT2D eigenvalue weighted by molar-refractivity contribution is -0.134. The molecule has 0 bridgehead atoms. The highest BCUT2D eigenvalue weighted by atomic mass is 19.4. The predicted octanol–water partition coefficient (Wildman–Crippen LogP) is 1.38. The summed E-state index contributed by atoms with van der Waals surface area (Å²) < 4.78 is 35.9. The van der Waals surface area contributed by atoms with Gasteiger partial charge >= 0.3 is 12.1 Å². The molecular formula is C13H13F3N2O3. The average Bonchev–Trinajstić information content (AvgIpc) is 2.79. The summed E-state index contributed by atoms with van der Waals surface area (Å²) in [5, 5.41) is 10.9. The lowest BCUT2D eigenvalue weighted by atomic mass is 10.1. The van der Waals surface area contributed by atoms with E-state index in [1.807, 2.05) is 5.32 Å². The standard InChI is InChI=1S/C13H13F3N2O3/c14-13(15,16)7-17-4-11(19)18-5-9-2-1-8(12(20)21)3-10(9)6-18/h1-3,17H,4-7H2,(H,20,21). The van der Waals surface area contributed by atoms with E-state index in [1.165, 1.54) is 17.0 Å². The van der Waals surface area contributed by atoms with Crippen molar-refractivity contribution in [1.29, 1.82) is 0 Å². The first-order valence-corrected chi connectivity index (χ1v) is 6.16. The van der Waals surface area contributed by atoms with Gasteiger partial charge in [-0.05, 0) is 23.3 Å². The van der Waals surface area contributed by atoms with Crippen molar-refractivity contribution in [2.24, 2.45) is 0 Å². The fourth-order valence-electron chi connectivity index (χ4n) is 2.13. The lowest BCUT2D eigenvalue weighted by Gasteiger charge is -2.16. The van der Waals surface area contributed by atoms with Crippen LogP contribution in [0.1, 0.15) is 21.5 Å². The van der Waals surface area contributed by atoms with Crippen molar-refractivity contribution in [3.8, 4) is 0 Å². The van der Waals surface area contributed by atoms with Crippen molar-refractivity contribution in [1.82, 2.24) is 10.2 Å². The number of carboxylic acid groups (broad SMARTS) is 1. The zero-order valence-electron chi connectivity index (χ0n) is 10.9. The minimum absolute atomic E-state index is 0.123. The molecule has 1 aliphatic rings. The van der Waals surface area contributed by atoms with Gasteiger partial charge in [0.05, 0.1) is 18.7 Å². The molecule has 21 heavy (non-hydrogen) atoms. The Hall–Kier alpha value is -2.09. The van der Waals surface area contributed by atoms with Gasteiger partial charge in [0.25, 0.3) is 0 Å². The van der Waals surface area contributed by atoms with E-state index < -0.39 is 31.1 Å². The Morgan fingerprint density at radius 2 is 1.90 bits per heavy atom. The highest BCUT2D eigenvalue weighted by Gasteiger charge is 2.28. The number of hydrogen-bond acceptors (Lipinski definition) is 3. The molecule has 1 aliphatic heterocycles. The average molecular weight is 302 g/mol. The molecule has 0 radical (unpaired) electrons. The number of carbonyl (C=O) groups is 2. The minimum Gasteiger partial charge on any atom is -0.478 e. The molecule has 0 aliphatic carbocycles. The number of nitrogens with zero attached hydrogens (tertiary/aromatic N) is 1. The summed E-state index contributed by atoms with van der Waals surface area (Å²) in [5.74, 6) is -1.51. The van der Waals surface area contributed by atoms with Crippen molar-refractivity contribution in [3.05, 3.63) is 34.9 Å². The van der Waals surface area contributed by atoms with Gasteiger partial charge in [0.1, 0.15) is 0 Å². The zero-order chi connectivity index (χ0) is 15.6. The summed E-state index contributed by atoms with van der Waals surface area (Å²) in [6, 6.07) is 4.54. The van der Waals surface area contributed by atoms with E-state index in [2.05, 4.69) is 0 Å². The van der Waals surface area contributed by atoms with E-state index in [9.17, 15) is 22.8 Å². The zero-order valence-corrected chi connectivity index (χ0v) is 10.9. The first-order valence-electron chi connectivity index (χ1n) is 6.16. The Morgan fingerprint density at radius 1 is 1.24 bits per heavy atom. The molecule has 5 nitrogen and oxygen atoms in total. The van der Waals surface area contributed by atoms with Crippen LogP contribution in [-0.2, 0) is 17.9 Å². The quantitative estimate of drug-likeness (QED) is 0.881. The molecule has 114 valence electrons. The van der Waals surface area contributed by atoms with Crippen LogP contribution in [0.2, 0.25) is 0 Å². The van der Waals surface area contributed by atoms with Gasteiger partial charge in [-0.15, -0.1) is 0 Å². The number of carboxylic acids is 1. The second-order valence-electron chi connectivity index (χ2n) is 4.76. The number of carbonyl (C=O) groups excluding carboxylic acids is 1. The topological polar surface area (TPSA) is 69.6 Å². The maximum absolute atomic E-state index is 12.0. The van der Waals surface area contributed by atoms with E-state index in [1.54, 1.807) is 6.07 Å². The molecule has 1 aromatic rings. The van der Waals surface area contributed by atoms with Crippen LogP contribution >= 0.6 is 0 Å². The SMILES string of the molecule is O=C(O)c1ccc2c(c1)CN(C(=O)CNCC(F)(F)F)C2. The summed E-state index contributed by atoms with van der Waals surface area (Å²) in [6.45, 7) is -1.13. The van der Waals surface area contributed by atoms with Crippen LogP contribution in [0.25, 0.3) is 0 Å². The predicted molar refractivity (Wildman–Crippen MR) is 66.6 cm³/mol. The number of halogens is 3. The van der Waals surface area contributed by atoms with Crippen LogP contribution in [0.15, 0.2) is 18.2 Å². The van der Waals surface area contributed by atoms with Crippen molar-refractivity contribution >= 4 is 11.9 Å².